The van der Waals surface area contributed by atoms with Gasteiger partial charge in [-0.3, -0.25) is 0 Å². The molecule has 0 aromatic carbocycles. The first-order valence-electron chi connectivity index (χ1n) is 6.36. The van der Waals surface area contributed by atoms with Gasteiger partial charge in [-0.2, -0.15) is 17.4 Å². The van der Waals surface area contributed by atoms with Crippen LogP contribution in [0.15, 0.2) is 0 Å². The number of hydrogen-bond acceptors (Lipinski definition) is 4. The van der Waals surface area contributed by atoms with Gasteiger partial charge in [0.1, 0.15) is 0 Å². The molecule has 1 aliphatic heterocycles. The zero-order valence-electron chi connectivity index (χ0n) is 11.1. The molecule has 7 heteroatoms. The monoisotopic (exact) mass is 280 g/mol. The highest BCUT2D eigenvalue weighted by atomic mass is 32.2. The van der Waals surface area contributed by atoms with E-state index in [-0.39, 0.29) is 19.3 Å². The summed E-state index contributed by atoms with van der Waals surface area (Å²) in [5, 5.41) is 8.90. The van der Waals surface area contributed by atoms with Crippen LogP contribution in [0.25, 0.3) is 0 Å². The standard InChI is InChI=1S/C11H24N2O4S/c1-10-3-6-13(7-4-10)18(15,16)12-11(5-8-14)9-17-2/h10-12,14H,3-9H2,1-2H3. The van der Waals surface area contributed by atoms with E-state index in [1.807, 2.05) is 0 Å². The molecule has 0 amide bonds. The molecule has 1 rings (SSSR count). The van der Waals surface area contributed by atoms with E-state index >= 15 is 0 Å². The molecule has 2 N–H and O–H groups in total. The van der Waals surface area contributed by atoms with E-state index in [4.69, 9.17) is 9.84 Å². The van der Waals surface area contributed by atoms with E-state index in [2.05, 4.69) is 11.6 Å². The fraction of sp³-hybridized carbons (Fsp3) is 1.00. The van der Waals surface area contributed by atoms with E-state index < -0.39 is 10.2 Å². The van der Waals surface area contributed by atoms with Crippen molar-refractivity contribution >= 4 is 10.2 Å². The molecule has 0 radical (unpaired) electrons. The number of nitrogens with zero attached hydrogens (tertiary/aromatic N) is 1. The number of nitrogens with one attached hydrogen (secondary N) is 1. The lowest BCUT2D eigenvalue weighted by Crippen LogP contribution is -2.49. The van der Waals surface area contributed by atoms with Crippen LogP contribution in [0.5, 0.6) is 0 Å². The second-order valence-electron chi connectivity index (χ2n) is 4.87. The fourth-order valence-corrected chi connectivity index (χ4v) is 3.49. The van der Waals surface area contributed by atoms with Crippen LogP contribution in [0, 0.1) is 5.92 Å². The summed E-state index contributed by atoms with van der Waals surface area (Å²) < 4.78 is 33.3. The first kappa shape index (κ1) is 15.8. The molecule has 1 fully saturated rings. The number of hydrogen-bond donors (Lipinski definition) is 2. The topological polar surface area (TPSA) is 78.9 Å². The summed E-state index contributed by atoms with van der Waals surface area (Å²) in [6.45, 7) is 3.47. The molecular weight excluding hydrogens is 256 g/mol. The van der Waals surface area contributed by atoms with Gasteiger partial charge in [0.25, 0.3) is 10.2 Å². The smallest absolute Gasteiger partial charge is 0.279 e. The van der Waals surface area contributed by atoms with Gasteiger partial charge in [0.05, 0.1) is 6.61 Å². The number of methoxy groups -OCH3 is 1. The maximum absolute atomic E-state index is 12.1. The predicted octanol–water partition coefficient (Wildman–Crippen LogP) is -0.0499. The van der Waals surface area contributed by atoms with Crippen molar-refractivity contribution in [3.05, 3.63) is 0 Å². The van der Waals surface area contributed by atoms with Crippen molar-refractivity contribution in [2.75, 3.05) is 33.4 Å². The van der Waals surface area contributed by atoms with E-state index in [1.165, 1.54) is 11.4 Å². The minimum Gasteiger partial charge on any atom is -0.396 e. The highest BCUT2D eigenvalue weighted by molar-refractivity contribution is 7.87. The van der Waals surface area contributed by atoms with Gasteiger partial charge in [-0.25, -0.2) is 0 Å². The van der Waals surface area contributed by atoms with Crippen LogP contribution in [0.4, 0.5) is 0 Å². The summed E-state index contributed by atoms with van der Waals surface area (Å²) in [4.78, 5) is 0. The van der Waals surface area contributed by atoms with Crippen LogP contribution in [0.2, 0.25) is 0 Å². The van der Waals surface area contributed by atoms with E-state index in [1.54, 1.807) is 0 Å². The molecule has 18 heavy (non-hydrogen) atoms. The fourth-order valence-electron chi connectivity index (χ4n) is 2.04. The molecule has 1 atom stereocenters. The lowest BCUT2D eigenvalue weighted by Gasteiger charge is -2.30. The van der Waals surface area contributed by atoms with Gasteiger partial charge in [-0.15, -0.1) is 0 Å². The quantitative estimate of drug-likeness (QED) is 0.685. The number of piperidine rings is 1. The van der Waals surface area contributed by atoms with Gasteiger partial charge < -0.3 is 9.84 Å². The van der Waals surface area contributed by atoms with Crippen molar-refractivity contribution in [2.24, 2.45) is 5.92 Å². The highest BCUT2D eigenvalue weighted by Crippen LogP contribution is 2.18. The van der Waals surface area contributed by atoms with Gasteiger partial charge >= 0.3 is 0 Å². The Kier molecular flexibility index (Phi) is 6.51. The molecule has 1 saturated heterocycles. The summed E-state index contributed by atoms with van der Waals surface area (Å²) >= 11 is 0. The summed E-state index contributed by atoms with van der Waals surface area (Å²) in [5.41, 5.74) is 0. The van der Waals surface area contributed by atoms with Crippen LogP contribution >= 0.6 is 0 Å². The molecule has 0 aromatic heterocycles. The van der Waals surface area contributed by atoms with Gasteiger partial charge in [-0.1, -0.05) is 6.92 Å². The molecule has 0 bridgehead atoms. The molecule has 0 aliphatic carbocycles. The Morgan fingerprint density at radius 3 is 2.56 bits per heavy atom. The number of ether oxygens (including phenoxy) is 1. The summed E-state index contributed by atoms with van der Waals surface area (Å²) in [6, 6.07) is -0.371. The van der Waals surface area contributed by atoms with Gasteiger partial charge in [-0.05, 0) is 25.2 Å². The third-order valence-electron chi connectivity index (χ3n) is 3.24. The van der Waals surface area contributed by atoms with Crippen LogP contribution in [0.1, 0.15) is 26.2 Å². The van der Waals surface area contributed by atoms with E-state index in [0.29, 0.717) is 25.4 Å². The predicted molar refractivity (Wildman–Crippen MR) is 69.4 cm³/mol. The van der Waals surface area contributed by atoms with E-state index in [0.717, 1.165) is 12.8 Å². The SMILES string of the molecule is COCC(CCO)NS(=O)(=O)N1CCC(C)CC1. The minimum atomic E-state index is -3.46. The van der Waals surface area contributed by atoms with Crippen molar-refractivity contribution in [2.45, 2.75) is 32.2 Å². The van der Waals surface area contributed by atoms with Crippen molar-refractivity contribution in [1.29, 1.82) is 0 Å². The summed E-state index contributed by atoms with van der Waals surface area (Å²) in [7, 11) is -1.94. The largest absolute Gasteiger partial charge is 0.396 e. The average molecular weight is 280 g/mol. The first-order chi connectivity index (χ1) is 8.49. The van der Waals surface area contributed by atoms with Crippen LogP contribution in [-0.4, -0.2) is 57.3 Å². The molecule has 1 aliphatic rings. The van der Waals surface area contributed by atoms with Crippen LogP contribution < -0.4 is 4.72 Å². The molecule has 1 unspecified atom stereocenters. The molecule has 1 heterocycles. The van der Waals surface area contributed by atoms with Crippen molar-refractivity contribution < 1.29 is 18.3 Å². The Labute approximate surface area is 109 Å². The first-order valence-corrected chi connectivity index (χ1v) is 7.80. The van der Waals surface area contributed by atoms with Gasteiger partial charge in [0.15, 0.2) is 0 Å². The number of rotatable bonds is 7. The number of aliphatic hydroxyl groups excluding tert-OH is 1. The Hall–Kier alpha value is -0.210. The van der Waals surface area contributed by atoms with Gasteiger partial charge in [0.2, 0.25) is 0 Å². The molecule has 0 spiro atoms. The van der Waals surface area contributed by atoms with Crippen molar-refractivity contribution in [3.63, 3.8) is 0 Å². The summed E-state index contributed by atoms with van der Waals surface area (Å²) in [5.74, 6) is 0.587. The number of aliphatic hydroxyl groups is 1. The van der Waals surface area contributed by atoms with Crippen molar-refractivity contribution in [1.82, 2.24) is 9.03 Å². The Bertz CT molecular complexity index is 320. The van der Waals surface area contributed by atoms with Crippen LogP contribution in [-0.2, 0) is 14.9 Å². The molecule has 108 valence electrons. The van der Waals surface area contributed by atoms with Gasteiger partial charge in [0, 0.05) is 32.8 Å². The van der Waals surface area contributed by atoms with Crippen molar-refractivity contribution in [3.8, 4) is 0 Å². The molecule has 0 aromatic rings. The molecule has 0 saturated carbocycles. The highest BCUT2D eigenvalue weighted by Gasteiger charge is 2.28. The second kappa shape index (κ2) is 7.40. The average Bonchev–Trinajstić information content (AvgIpc) is 2.29. The third kappa shape index (κ3) is 4.81. The normalized spacial score (nSPS) is 21.1. The summed E-state index contributed by atoms with van der Waals surface area (Å²) in [6.07, 6.45) is 2.16. The molecule has 6 nitrogen and oxygen atoms in total. The minimum absolute atomic E-state index is 0.0619. The Balaban J connectivity index is 2.56. The van der Waals surface area contributed by atoms with Crippen LogP contribution in [0.3, 0.4) is 0 Å². The Morgan fingerprint density at radius 1 is 1.44 bits per heavy atom. The third-order valence-corrected chi connectivity index (χ3v) is 4.92. The lowest BCUT2D eigenvalue weighted by atomic mass is 10.0. The zero-order valence-corrected chi connectivity index (χ0v) is 11.9. The second-order valence-corrected chi connectivity index (χ2v) is 6.57. The maximum atomic E-state index is 12.1. The zero-order chi connectivity index (χ0) is 13.6. The lowest BCUT2D eigenvalue weighted by molar-refractivity contribution is 0.156. The van der Waals surface area contributed by atoms with E-state index in [9.17, 15) is 8.42 Å². The maximum Gasteiger partial charge on any atom is 0.279 e. The Morgan fingerprint density at radius 2 is 2.06 bits per heavy atom. The molecular formula is C11H24N2O4S.